The maximum Gasteiger partial charge on any atom is 0.405 e. The van der Waals surface area contributed by atoms with Crippen molar-refractivity contribution in [3.05, 3.63) is 30.0 Å². The lowest BCUT2D eigenvalue weighted by Crippen LogP contribution is -2.44. The van der Waals surface area contributed by atoms with E-state index in [2.05, 4.69) is 27.3 Å². The number of aromatic nitrogens is 4. The minimum absolute atomic E-state index is 0.0960. The van der Waals surface area contributed by atoms with E-state index in [-0.39, 0.29) is 12.0 Å². The molecular formula is C24H28F3N7O3. The second-order valence-electron chi connectivity index (χ2n) is 9.21. The fraction of sp³-hybridized carbons (Fsp3) is 0.500. The van der Waals surface area contributed by atoms with Gasteiger partial charge >= 0.3 is 12.2 Å². The molecule has 0 saturated carbocycles. The molecule has 2 aliphatic heterocycles. The Morgan fingerprint density at radius 1 is 1.14 bits per heavy atom. The minimum Gasteiger partial charge on any atom is -0.381 e. The van der Waals surface area contributed by atoms with Crippen molar-refractivity contribution < 1.29 is 27.4 Å². The average molecular weight is 520 g/mol. The monoisotopic (exact) mass is 519 g/mol. The molecule has 10 nitrogen and oxygen atoms in total. The zero-order chi connectivity index (χ0) is 26.0. The molecule has 198 valence electrons. The van der Waals surface area contributed by atoms with Crippen LogP contribution in [0.2, 0.25) is 0 Å². The maximum atomic E-state index is 12.4. The number of ether oxygens (including phenoxy) is 2. The topological polar surface area (TPSA) is 117 Å². The highest BCUT2D eigenvalue weighted by molar-refractivity contribution is 5.94. The average Bonchev–Trinajstić information content (AvgIpc) is 3.32. The van der Waals surface area contributed by atoms with Crippen LogP contribution in [0, 0.1) is 0 Å². The van der Waals surface area contributed by atoms with Crippen LogP contribution in [-0.2, 0) is 9.47 Å². The van der Waals surface area contributed by atoms with Gasteiger partial charge < -0.3 is 25.0 Å². The van der Waals surface area contributed by atoms with Crippen molar-refractivity contribution in [3.8, 4) is 11.3 Å². The van der Waals surface area contributed by atoms with Crippen LogP contribution in [0.25, 0.3) is 22.3 Å². The largest absolute Gasteiger partial charge is 0.405 e. The second-order valence-corrected chi connectivity index (χ2v) is 9.21. The molecule has 13 heteroatoms. The number of nitrogens with one attached hydrogen (secondary N) is 3. The van der Waals surface area contributed by atoms with Crippen LogP contribution in [0.15, 0.2) is 24.3 Å². The van der Waals surface area contributed by atoms with Gasteiger partial charge in [0.05, 0.1) is 36.0 Å². The molecule has 2 fully saturated rings. The van der Waals surface area contributed by atoms with Gasteiger partial charge in [-0.2, -0.15) is 23.3 Å². The van der Waals surface area contributed by atoms with E-state index in [1.807, 2.05) is 0 Å². The number of nitrogens with zero attached hydrogens (tertiary/aromatic N) is 4. The molecule has 0 bridgehead atoms. The summed E-state index contributed by atoms with van der Waals surface area (Å²) in [5.74, 6) is 0.769. The van der Waals surface area contributed by atoms with E-state index in [4.69, 9.17) is 19.4 Å². The number of fused-ring (bicyclic) bond motifs is 1. The van der Waals surface area contributed by atoms with E-state index >= 15 is 0 Å². The molecule has 4 heterocycles. The normalized spacial score (nSPS) is 19.2. The number of H-pyrrole nitrogens is 1. The molecule has 0 unspecified atom stereocenters. The van der Waals surface area contributed by atoms with Crippen LogP contribution in [-0.4, -0.2) is 77.9 Å². The molecule has 2 aliphatic rings. The van der Waals surface area contributed by atoms with Crippen molar-refractivity contribution in [2.75, 3.05) is 49.7 Å². The number of benzene rings is 1. The van der Waals surface area contributed by atoms with Crippen LogP contribution in [0.4, 0.5) is 29.6 Å². The molecule has 3 N–H and O–H groups in total. The third-order valence-electron chi connectivity index (χ3n) is 6.53. The van der Waals surface area contributed by atoms with E-state index in [0.717, 1.165) is 29.5 Å². The molecule has 1 aromatic carbocycles. The molecule has 2 saturated heterocycles. The lowest BCUT2D eigenvalue weighted by Gasteiger charge is -2.33. The smallest absolute Gasteiger partial charge is 0.381 e. The van der Waals surface area contributed by atoms with Crippen LogP contribution in [0.3, 0.4) is 0 Å². The number of amides is 2. The number of rotatable bonds is 5. The molecule has 0 spiro atoms. The fourth-order valence-electron chi connectivity index (χ4n) is 4.64. The van der Waals surface area contributed by atoms with Gasteiger partial charge in [0, 0.05) is 36.9 Å². The highest BCUT2D eigenvalue weighted by Crippen LogP contribution is 2.37. The summed E-state index contributed by atoms with van der Waals surface area (Å²) < 4.78 is 48.2. The zero-order valence-electron chi connectivity index (χ0n) is 20.3. The Labute approximate surface area is 210 Å². The van der Waals surface area contributed by atoms with Crippen molar-refractivity contribution in [2.24, 2.45) is 0 Å². The van der Waals surface area contributed by atoms with Gasteiger partial charge in [-0.05, 0) is 31.9 Å². The quantitative estimate of drug-likeness (QED) is 0.469. The molecule has 2 amide bonds. The van der Waals surface area contributed by atoms with Gasteiger partial charge in [0.2, 0.25) is 5.95 Å². The van der Waals surface area contributed by atoms with Crippen molar-refractivity contribution in [2.45, 2.75) is 37.9 Å². The number of carbonyl (C=O) groups is 1. The number of carbonyl (C=O) groups excluding carboxylic acids is 1. The van der Waals surface area contributed by atoms with Crippen LogP contribution >= 0.6 is 0 Å². The van der Waals surface area contributed by atoms with E-state index < -0.39 is 18.8 Å². The highest BCUT2D eigenvalue weighted by Gasteiger charge is 2.29. The number of morpholine rings is 1. The highest BCUT2D eigenvalue weighted by atomic mass is 19.4. The lowest BCUT2D eigenvalue weighted by atomic mass is 9.93. The standard InChI is InChI=1S/C24H28F3N7O3/c1-14-12-37-11-8-34(14)22-30-19(18-20(32-33-21(18)31-22)16-6-9-36-10-7-16)15-2-4-17(5-3-15)29-23(35)28-13-24(25,26)27/h2-5,14,16H,6-13H2,1H3,(H2,28,29,35)(H,30,31,32,33)/t14-/m0/s1. The first-order valence-electron chi connectivity index (χ1n) is 12.2. The number of hydrogen-bond acceptors (Lipinski definition) is 7. The number of alkyl halides is 3. The summed E-state index contributed by atoms with van der Waals surface area (Å²) in [6.07, 6.45) is -2.79. The van der Waals surface area contributed by atoms with Gasteiger partial charge in [-0.1, -0.05) is 12.1 Å². The first-order chi connectivity index (χ1) is 17.8. The molecule has 5 rings (SSSR count). The predicted molar refractivity (Wildman–Crippen MR) is 131 cm³/mol. The number of anilines is 2. The van der Waals surface area contributed by atoms with E-state index in [0.29, 0.717) is 55.9 Å². The Morgan fingerprint density at radius 3 is 2.59 bits per heavy atom. The Balaban J connectivity index is 1.48. The Morgan fingerprint density at radius 2 is 1.89 bits per heavy atom. The first-order valence-corrected chi connectivity index (χ1v) is 12.2. The van der Waals surface area contributed by atoms with E-state index in [9.17, 15) is 18.0 Å². The van der Waals surface area contributed by atoms with Gasteiger partial charge in [-0.15, -0.1) is 0 Å². The molecular weight excluding hydrogens is 491 g/mol. The number of halogens is 3. The zero-order valence-corrected chi connectivity index (χ0v) is 20.3. The number of hydrogen-bond donors (Lipinski definition) is 3. The van der Waals surface area contributed by atoms with Crippen molar-refractivity contribution in [1.29, 1.82) is 0 Å². The number of urea groups is 1. The summed E-state index contributed by atoms with van der Waals surface area (Å²) in [7, 11) is 0. The molecule has 2 aromatic heterocycles. The Kier molecular flexibility index (Phi) is 7.15. The minimum atomic E-state index is -4.48. The van der Waals surface area contributed by atoms with E-state index in [1.165, 1.54) is 0 Å². The Bertz CT molecular complexity index is 1240. The Hall–Kier alpha value is -3.45. The van der Waals surface area contributed by atoms with Crippen molar-refractivity contribution in [3.63, 3.8) is 0 Å². The van der Waals surface area contributed by atoms with Crippen LogP contribution < -0.4 is 15.5 Å². The van der Waals surface area contributed by atoms with Crippen LogP contribution in [0.1, 0.15) is 31.4 Å². The SMILES string of the molecule is C[C@H]1COCCN1c1nc(-c2ccc(NC(=O)NCC(F)(F)F)cc2)c2c(C3CCOCC3)n[nH]c2n1. The molecule has 37 heavy (non-hydrogen) atoms. The lowest BCUT2D eigenvalue weighted by molar-refractivity contribution is -0.122. The van der Waals surface area contributed by atoms with Gasteiger partial charge in [0.15, 0.2) is 5.65 Å². The van der Waals surface area contributed by atoms with E-state index in [1.54, 1.807) is 29.6 Å². The van der Waals surface area contributed by atoms with Crippen molar-refractivity contribution in [1.82, 2.24) is 25.5 Å². The predicted octanol–water partition coefficient (Wildman–Crippen LogP) is 3.82. The summed E-state index contributed by atoms with van der Waals surface area (Å²) in [5.41, 5.74) is 3.35. The van der Waals surface area contributed by atoms with Crippen LogP contribution in [0.5, 0.6) is 0 Å². The maximum absolute atomic E-state index is 12.4. The van der Waals surface area contributed by atoms with Crippen molar-refractivity contribution >= 4 is 28.7 Å². The first kappa shape index (κ1) is 25.2. The molecule has 1 atom stereocenters. The third kappa shape index (κ3) is 5.77. The fourth-order valence-corrected chi connectivity index (χ4v) is 4.64. The molecule has 0 radical (unpaired) electrons. The van der Waals surface area contributed by atoms with Gasteiger partial charge in [0.1, 0.15) is 6.54 Å². The summed E-state index contributed by atoms with van der Waals surface area (Å²) in [4.78, 5) is 23.7. The molecule has 3 aromatic rings. The van der Waals surface area contributed by atoms with Gasteiger partial charge in [-0.3, -0.25) is 5.10 Å². The van der Waals surface area contributed by atoms with Gasteiger partial charge in [-0.25, -0.2) is 9.78 Å². The van der Waals surface area contributed by atoms with Gasteiger partial charge in [0.25, 0.3) is 0 Å². The number of aromatic amines is 1. The summed E-state index contributed by atoms with van der Waals surface area (Å²) in [6, 6.07) is 5.96. The summed E-state index contributed by atoms with van der Waals surface area (Å²) >= 11 is 0. The molecule has 0 aliphatic carbocycles. The second kappa shape index (κ2) is 10.5. The third-order valence-corrected chi connectivity index (χ3v) is 6.53. The summed E-state index contributed by atoms with van der Waals surface area (Å²) in [6.45, 7) is 3.77. The summed E-state index contributed by atoms with van der Waals surface area (Å²) in [5, 5.41) is 12.8.